The van der Waals surface area contributed by atoms with Crippen molar-refractivity contribution in [2.75, 3.05) is 26.2 Å². The molecule has 0 spiro atoms. The van der Waals surface area contributed by atoms with E-state index >= 15 is 0 Å². The third-order valence-electron chi connectivity index (χ3n) is 4.44. The highest BCUT2D eigenvalue weighted by Gasteiger charge is 2.39. The molecule has 2 atom stereocenters. The van der Waals surface area contributed by atoms with E-state index in [1.165, 1.54) is 19.3 Å². The van der Waals surface area contributed by atoms with Gasteiger partial charge in [-0.15, -0.1) is 0 Å². The lowest BCUT2D eigenvalue weighted by Crippen LogP contribution is -2.46. The number of nitrogens with two attached hydrogens (primary N) is 1. The summed E-state index contributed by atoms with van der Waals surface area (Å²) in [4.78, 5) is 2.54. The van der Waals surface area contributed by atoms with Crippen LogP contribution >= 0.6 is 12.2 Å². The van der Waals surface area contributed by atoms with Crippen LogP contribution in [0.15, 0.2) is 0 Å². The smallest absolute Gasteiger partial charge is 0.223 e. The highest BCUT2D eigenvalue weighted by atomic mass is 32.2. The molecule has 2 rings (SSSR count). The van der Waals surface area contributed by atoms with Crippen LogP contribution in [-0.4, -0.2) is 60.1 Å². The van der Waals surface area contributed by atoms with Crippen LogP contribution in [0.5, 0.6) is 0 Å². The van der Waals surface area contributed by atoms with Crippen molar-refractivity contribution < 1.29 is 8.42 Å². The molecule has 0 aromatic carbocycles. The normalized spacial score (nSPS) is 27.6. The van der Waals surface area contributed by atoms with E-state index < -0.39 is 15.3 Å². The van der Waals surface area contributed by atoms with Gasteiger partial charge in [0.1, 0.15) is 5.25 Å². The van der Waals surface area contributed by atoms with Crippen molar-refractivity contribution in [1.29, 1.82) is 0 Å². The van der Waals surface area contributed by atoms with E-state index in [4.69, 9.17) is 18.0 Å². The summed E-state index contributed by atoms with van der Waals surface area (Å²) in [5, 5.41) is -0.711. The summed E-state index contributed by atoms with van der Waals surface area (Å²) in [6.07, 6.45) is 5.13. The van der Waals surface area contributed by atoms with Gasteiger partial charge in [0.05, 0.1) is 4.99 Å². The Morgan fingerprint density at radius 2 is 1.95 bits per heavy atom. The van der Waals surface area contributed by atoms with Crippen molar-refractivity contribution in [1.82, 2.24) is 9.21 Å². The predicted molar refractivity (Wildman–Crippen MR) is 85.2 cm³/mol. The number of hydrogen-bond donors (Lipinski definition) is 1. The van der Waals surface area contributed by atoms with Gasteiger partial charge in [-0.05, 0) is 38.8 Å². The number of piperidine rings is 1. The second-order valence-corrected chi connectivity index (χ2v) is 8.33. The van der Waals surface area contributed by atoms with Gasteiger partial charge < -0.3 is 5.73 Å². The Labute approximate surface area is 127 Å². The number of sulfonamides is 1. The van der Waals surface area contributed by atoms with E-state index in [1.807, 2.05) is 6.92 Å². The van der Waals surface area contributed by atoms with E-state index in [-0.39, 0.29) is 4.99 Å². The molecule has 0 bridgehead atoms. The van der Waals surface area contributed by atoms with E-state index in [0.29, 0.717) is 25.6 Å². The molecule has 7 heteroatoms. The molecule has 2 fully saturated rings. The zero-order chi connectivity index (χ0) is 14.8. The molecule has 5 nitrogen and oxygen atoms in total. The summed E-state index contributed by atoms with van der Waals surface area (Å²) in [5.41, 5.74) is 5.59. The monoisotopic (exact) mass is 319 g/mol. The first-order valence-electron chi connectivity index (χ1n) is 7.49. The van der Waals surface area contributed by atoms with Crippen LogP contribution in [0.25, 0.3) is 0 Å². The molecular formula is C13H25N3O2S2. The average molecular weight is 319 g/mol. The molecule has 0 radical (unpaired) electrons. The molecule has 2 aliphatic heterocycles. The molecule has 0 saturated carbocycles. The predicted octanol–water partition coefficient (Wildman–Crippen LogP) is 0.941. The van der Waals surface area contributed by atoms with E-state index in [9.17, 15) is 8.42 Å². The second-order valence-electron chi connectivity index (χ2n) is 5.74. The number of thiocarbonyl (C=S) groups is 1. The van der Waals surface area contributed by atoms with Crippen molar-refractivity contribution in [3.63, 3.8) is 0 Å². The number of rotatable bonds is 5. The molecule has 0 amide bonds. The average Bonchev–Trinajstić information content (AvgIpc) is 2.90. The molecular weight excluding hydrogens is 294 g/mol. The molecule has 2 heterocycles. The fourth-order valence-electron chi connectivity index (χ4n) is 3.26. The molecule has 20 heavy (non-hydrogen) atoms. The Morgan fingerprint density at radius 1 is 1.30 bits per heavy atom. The van der Waals surface area contributed by atoms with E-state index in [1.54, 1.807) is 4.31 Å². The minimum absolute atomic E-state index is 0.0916. The van der Waals surface area contributed by atoms with Crippen LogP contribution in [0, 0.1) is 0 Å². The molecule has 2 aliphatic rings. The van der Waals surface area contributed by atoms with E-state index in [0.717, 1.165) is 19.5 Å². The quantitative estimate of drug-likeness (QED) is 0.764. The molecule has 116 valence electrons. The van der Waals surface area contributed by atoms with Crippen LogP contribution in [-0.2, 0) is 10.0 Å². The van der Waals surface area contributed by atoms with Gasteiger partial charge in [-0.3, -0.25) is 4.90 Å². The summed E-state index contributed by atoms with van der Waals surface area (Å²) >= 11 is 4.92. The Hall–Kier alpha value is -0.240. The van der Waals surface area contributed by atoms with Crippen molar-refractivity contribution in [3.8, 4) is 0 Å². The Bertz CT molecular complexity index is 447. The van der Waals surface area contributed by atoms with Crippen LogP contribution in [0.3, 0.4) is 0 Å². The lowest BCUT2D eigenvalue weighted by molar-refractivity contribution is 0.169. The maximum absolute atomic E-state index is 12.6. The summed E-state index contributed by atoms with van der Waals surface area (Å²) in [6, 6.07) is 0.369. The zero-order valence-corrected chi connectivity index (χ0v) is 13.8. The fraction of sp³-hybridized carbons (Fsp3) is 0.923. The van der Waals surface area contributed by atoms with Gasteiger partial charge in [0.2, 0.25) is 10.0 Å². The largest absolute Gasteiger partial charge is 0.392 e. The van der Waals surface area contributed by atoms with Crippen LogP contribution in [0.4, 0.5) is 0 Å². The highest BCUT2D eigenvalue weighted by Crippen LogP contribution is 2.24. The third-order valence-corrected chi connectivity index (χ3v) is 7.23. The first-order chi connectivity index (χ1) is 9.46. The summed E-state index contributed by atoms with van der Waals surface area (Å²) < 4.78 is 26.7. The summed E-state index contributed by atoms with van der Waals surface area (Å²) in [7, 11) is -3.38. The number of hydrogen-bond acceptors (Lipinski definition) is 4. The molecule has 2 saturated heterocycles. The van der Waals surface area contributed by atoms with Gasteiger partial charge in [0.25, 0.3) is 0 Å². The Morgan fingerprint density at radius 3 is 2.50 bits per heavy atom. The van der Waals surface area contributed by atoms with Crippen LogP contribution in [0.1, 0.15) is 39.0 Å². The van der Waals surface area contributed by atoms with Crippen LogP contribution in [0.2, 0.25) is 0 Å². The fourth-order valence-corrected chi connectivity index (χ4v) is 5.61. The maximum Gasteiger partial charge on any atom is 0.223 e. The highest BCUT2D eigenvalue weighted by molar-refractivity contribution is 7.92. The van der Waals surface area contributed by atoms with E-state index in [2.05, 4.69) is 4.90 Å². The molecule has 0 aliphatic carbocycles. The summed E-state index contributed by atoms with van der Waals surface area (Å²) in [6.45, 7) is 5.22. The van der Waals surface area contributed by atoms with Gasteiger partial charge >= 0.3 is 0 Å². The van der Waals surface area contributed by atoms with Crippen LogP contribution < -0.4 is 5.73 Å². The first-order valence-corrected chi connectivity index (χ1v) is 9.40. The molecule has 2 unspecified atom stereocenters. The second kappa shape index (κ2) is 6.68. The maximum atomic E-state index is 12.6. The topological polar surface area (TPSA) is 66.6 Å². The third kappa shape index (κ3) is 3.32. The number of likely N-dealkylation sites (tertiary alicyclic amines) is 1. The van der Waals surface area contributed by atoms with Gasteiger partial charge in [0.15, 0.2) is 0 Å². The Balaban J connectivity index is 2.02. The summed E-state index contributed by atoms with van der Waals surface area (Å²) in [5.74, 6) is 0. The number of nitrogens with zero attached hydrogens (tertiary/aromatic N) is 2. The lowest BCUT2D eigenvalue weighted by Gasteiger charge is -2.32. The van der Waals surface area contributed by atoms with Crippen molar-refractivity contribution in [2.45, 2.75) is 50.3 Å². The SMILES string of the molecule is CCC(C(N)=S)S(=O)(=O)N1CCC(N2CCCCC2)C1. The minimum Gasteiger partial charge on any atom is -0.392 e. The zero-order valence-electron chi connectivity index (χ0n) is 12.1. The molecule has 0 aromatic rings. The van der Waals surface area contributed by atoms with Crippen molar-refractivity contribution in [2.24, 2.45) is 5.73 Å². The van der Waals surface area contributed by atoms with Crippen molar-refractivity contribution in [3.05, 3.63) is 0 Å². The van der Waals surface area contributed by atoms with Gasteiger partial charge in [0, 0.05) is 19.1 Å². The Kier molecular flexibility index (Phi) is 5.39. The lowest BCUT2D eigenvalue weighted by atomic mass is 10.1. The van der Waals surface area contributed by atoms with Gasteiger partial charge in [-0.2, -0.15) is 4.31 Å². The molecule has 0 aromatic heterocycles. The first kappa shape index (κ1) is 16.1. The van der Waals surface area contributed by atoms with Gasteiger partial charge in [-0.25, -0.2) is 8.42 Å². The standard InChI is InChI=1S/C13H25N3O2S2/c1-2-12(13(14)19)20(17,18)16-9-6-11(10-16)15-7-4-3-5-8-15/h11-12H,2-10H2,1H3,(H2,14,19). The minimum atomic E-state index is -3.38. The molecule has 2 N–H and O–H groups in total. The van der Waals surface area contributed by atoms with Gasteiger partial charge in [-0.1, -0.05) is 25.6 Å². The van der Waals surface area contributed by atoms with Crippen molar-refractivity contribution >= 4 is 27.2 Å².